The number of hydrogen-bond donors (Lipinski definition) is 1. The smallest absolute Gasteiger partial charge is 0.192 e. The van der Waals surface area contributed by atoms with E-state index in [0.717, 1.165) is 5.56 Å². The van der Waals surface area contributed by atoms with Crippen LogP contribution in [0.4, 0.5) is 0 Å². The van der Waals surface area contributed by atoms with Gasteiger partial charge in [-0.3, -0.25) is 0 Å². The van der Waals surface area contributed by atoms with Crippen LogP contribution in [0.1, 0.15) is 54.0 Å². The third-order valence-corrected chi connectivity index (χ3v) is 14.6. The van der Waals surface area contributed by atoms with Crippen LogP contribution < -0.4 is 0 Å². The number of aliphatic hydroxyl groups excluding tert-OH is 1. The minimum atomic E-state index is -2.87. The second-order valence-corrected chi connectivity index (χ2v) is 24.3. The van der Waals surface area contributed by atoms with Gasteiger partial charge in [-0.1, -0.05) is 65.3 Å². The van der Waals surface area contributed by atoms with Crippen molar-refractivity contribution >= 4 is 26.4 Å². The van der Waals surface area contributed by atoms with E-state index in [-0.39, 0.29) is 29.0 Å². The molecule has 0 spiro atoms. The van der Waals surface area contributed by atoms with E-state index in [4.69, 9.17) is 13.2 Å². The molecule has 0 aliphatic heterocycles. The normalized spacial score (nSPS) is 18.6. The number of nitrogens with zero attached hydrogens (tertiary/aromatic N) is 1. The van der Waals surface area contributed by atoms with E-state index in [1.54, 1.807) is 5.41 Å². The molecular weight excluding hydrogens is 503 g/mol. The first-order chi connectivity index (χ1) is 16.2. The first kappa shape index (κ1) is 33.3. The van der Waals surface area contributed by atoms with Gasteiger partial charge in [-0.15, -0.1) is 0 Å². The first-order valence-electron chi connectivity index (χ1n) is 13.2. The predicted octanol–water partition coefficient (Wildman–Crippen LogP) is 7.62. The molecule has 1 rings (SSSR count). The Hall–Kier alpha value is -0.776. The van der Waals surface area contributed by atoms with E-state index in [0.29, 0.717) is 11.5 Å². The zero-order valence-corrected chi connectivity index (χ0v) is 27.9. The van der Waals surface area contributed by atoms with Crippen LogP contribution in [0.2, 0.25) is 37.8 Å². The molecule has 0 aliphatic rings. The number of benzene rings is 1. The molecule has 0 heterocycles. The van der Waals surface area contributed by atoms with Gasteiger partial charge in [-0.05, 0) is 69.7 Å². The van der Waals surface area contributed by atoms with Crippen LogP contribution in [0, 0.1) is 18.8 Å². The average molecular weight is 556 g/mol. The molecule has 0 saturated heterocycles. The van der Waals surface area contributed by atoms with Gasteiger partial charge in [0, 0.05) is 11.3 Å². The van der Waals surface area contributed by atoms with Crippen molar-refractivity contribution in [1.29, 1.82) is 0 Å². The number of rotatable bonds is 12. The molecule has 0 fully saturated rings. The lowest BCUT2D eigenvalue weighted by Crippen LogP contribution is -2.47. The van der Waals surface area contributed by atoms with E-state index in [2.05, 4.69) is 67.4 Å². The third-order valence-electron chi connectivity index (χ3n) is 6.98. The summed E-state index contributed by atoms with van der Waals surface area (Å²) in [6.07, 6.45) is 0.804. The molecule has 1 unspecified atom stereocenters. The van der Waals surface area contributed by atoms with Crippen LogP contribution in [-0.2, 0) is 18.6 Å². The van der Waals surface area contributed by atoms with Crippen LogP contribution in [0.25, 0.3) is 0 Å². The van der Waals surface area contributed by atoms with Crippen LogP contribution in [-0.4, -0.2) is 50.8 Å². The molecule has 1 aromatic carbocycles. The fourth-order valence-corrected chi connectivity index (χ4v) is 7.41. The minimum absolute atomic E-state index is 0.0581. The first-order valence-corrected chi connectivity index (χ1v) is 21.1. The lowest BCUT2D eigenvalue weighted by Gasteiger charge is -2.40. The molecule has 0 amide bonds. The maximum atomic E-state index is 14.4. The van der Waals surface area contributed by atoms with Gasteiger partial charge in [-0.25, -0.2) is 8.57 Å². The summed E-state index contributed by atoms with van der Waals surface area (Å²) in [5.74, 6) is -0.0657. The molecule has 0 aromatic heterocycles. The second-order valence-electron chi connectivity index (χ2n) is 13.0. The lowest BCUT2D eigenvalue weighted by atomic mass is 10.0. The molecule has 36 heavy (non-hydrogen) atoms. The molecule has 208 valence electrons. The number of aliphatic hydroxyl groups is 1. The largest absolute Gasteiger partial charge is 0.415 e. The Morgan fingerprint density at radius 2 is 1.56 bits per heavy atom. The van der Waals surface area contributed by atoms with Gasteiger partial charge < -0.3 is 14.0 Å². The van der Waals surface area contributed by atoms with Crippen LogP contribution in [0.5, 0.6) is 0 Å². The van der Waals surface area contributed by atoms with Crippen molar-refractivity contribution in [2.75, 3.05) is 6.61 Å². The van der Waals surface area contributed by atoms with Crippen molar-refractivity contribution in [3.63, 3.8) is 0 Å². The van der Waals surface area contributed by atoms with Crippen LogP contribution in [0.15, 0.2) is 45.0 Å². The van der Waals surface area contributed by atoms with Crippen molar-refractivity contribution in [1.82, 2.24) is 0 Å². The molecule has 5 atom stereocenters. The third kappa shape index (κ3) is 10.2. The fraction of sp³-hybridized carbons (Fsp3) is 0.714. The highest BCUT2D eigenvalue weighted by atomic mass is 32.2. The van der Waals surface area contributed by atoms with Crippen molar-refractivity contribution in [3.8, 4) is 0 Å². The van der Waals surface area contributed by atoms with Crippen molar-refractivity contribution in [2.24, 2.45) is 16.2 Å². The Bertz CT molecular complexity index is 969. The molecule has 1 aromatic rings. The van der Waals surface area contributed by atoms with E-state index < -0.39 is 32.5 Å². The van der Waals surface area contributed by atoms with E-state index in [1.165, 1.54) is 0 Å². The molecule has 0 bridgehead atoms. The van der Waals surface area contributed by atoms with Gasteiger partial charge in [0.25, 0.3) is 0 Å². The molecule has 5 nitrogen and oxygen atoms in total. The summed E-state index contributed by atoms with van der Waals surface area (Å²) >= 11 is 0. The van der Waals surface area contributed by atoms with Gasteiger partial charge in [0.15, 0.2) is 16.6 Å². The summed E-state index contributed by atoms with van der Waals surface area (Å²) in [7, 11) is -6.64. The van der Waals surface area contributed by atoms with Gasteiger partial charge in [0.2, 0.25) is 0 Å². The van der Waals surface area contributed by atoms with E-state index in [1.807, 2.05) is 51.1 Å². The Morgan fingerprint density at radius 1 is 1.03 bits per heavy atom. The average Bonchev–Trinajstić information content (AvgIpc) is 2.72. The standard InChI is InChI=1S/C28H53NO4SSi2/c1-21(2)26(20-32-35(9,10)11)29-34(31,25-16-14-22(3)15-17-25)19-18-23(4)27(30)24(5)33-36(12,13)28(6,7)8/h14-19,21,23-24,26-27,30H,20H2,1-13H3/b19-18-/t23-,24-,26-,27-,34?/m1/s1. The van der Waals surface area contributed by atoms with Gasteiger partial charge in [0.1, 0.15) is 0 Å². The second kappa shape index (κ2) is 12.8. The van der Waals surface area contributed by atoms with Gasteiger partial charge in [-0.2, -0.15) is 0 Å². The minimum Gasteiger partial charge on any atom is -0.415 e. The highest BCUT2D eigenvalue weighted by Crippen LogP contribution is 2.38. The highest BCUT2D eigenvalue weighted by molar-refractivity contribution is 7.96. The van der Waals surface area contributed by atoms with Crippen molar-refractivity contribution < 1.29 is 18.2 Å². The van der Waals surface area contributed by atoms with Crippen LogP contribution >= 0.6 is 0 Å². The monoisotopic (exact) mass is 555 g/mol. The van der Waals surface area contributed by atoms with Gasteiger partial charge in [0.05, 0.1) is 39.5 Å². The summed E-state index contributed by atoms with van der Waals surface area (Å²) in [6, 6.07) is 7.53. The summed E-state index contributed by atoms with van der Waals surface area (Å²) in [6.45, 7) is 27.9. The SMILES string of the molecule is Cc1ccc(S(=O)(/C=C\[C@@H](C)[C@@H](O)[C@@H](C)O[Si](C)(C)C(C)(C)C)=N[C@H](CO[Si](C)(C)C)C(C)C)cc1. The van der Waals surface area contributed by atoms with E-state index in [9.17, 15) is 9.32 Å². The number of hydrogen-bond acceptors (Lipinski definition) is 5. The van der Waals surface area contributed by atoms with E-state index >= 15 is 0 Å². The molecule has 0 saturated carbocycles. The summed E-state index contributed by atoms with van der Waals surface area (Å²) in [4.78, 5) is 0.676. The highest BCUT2D eigenvalue weighted by Gasteiger charge is 2.40. The zero-order valence-electron chi connectivity index (χ0n) is 25.1. The Labute approximate surface area is 224 Å². The quantitative estimate of drug-likeness (QED) is 0.269. The Balaban J connectivity index is 3.34. The zero-order chi connectivity index (χ0) is 28.1. The molecular formula is C28H53NO4SSi2. The maximum Gasteiger partial charge on any atom is 0.192 e. The Morgan fingerprint density at radius 3 is 2.00 bits per heavy atom. The van der Waals surface area contributed by atoms with Crippen LogP contribution in [0.3, 0.4) is 0 Å². The summed E-state index contributed by atoms with van der Waals surface area (Å²) < 4.78 is 31.9. The fourth-order valence-electron chi connectivity index (χ4n) is 3.27. The summed E-state index contributed by atoms with van der Waals surface area (Å²) in [5, 5.41) is 12.8. The predicted molar refractivity (Wildman–Crippen MR) is 160 cm³/mol. The maximum absolute atomic E-state index is 14.4. The van der Waals surface area contributed by atoms with Gasteiger partial charge >= 0.3 is 0 Å². The molecule has 8 heteroatoms. The van der Waals surface area contributed by atoms with Crippen molar-refractivity contribution in [2.45, 2.75) is 116 Å². The molecule has 1 N–H and O–H groups in total. The molecule has 0 radical (unpaired) electrons. The Kier molecular flexibility index (Phi) is 11.9. The summed E-state index contributed by atoms with van der Waals surface area (Å²) in [5.41, 5.74) is 1.10. The topological polar surface area (TPSA) is 68.1 Å². The number of aryl methyl sites for hydroxylation is 1. The molecule has 0 aliphatic carbocycles. The lowest BCUT2D eigenvalue weighted by molar-refractivity contribution is 0.0168. The van der Waals surface area contributed by atoms with Crippen molar-refractivity contribution in [3.05, 3.63) is 41.3 Å².